The molecule has 5 aromatic carbocycles. The summed E-state index contributed by atoms with van der Waals surface area (Å²) in [7, 11) is 14.1. The molecule has 9 rings (SSSR count). The lowest BCUT2D eigenvalue weighted by Gasteiger charge is -2.18. The van der Waals surface area contributed by atoms with E-state index in [4.69, 9.17) is 14.7 Å². The van der Waals surface area contributed by atoms with Gasteiger partial charge in [-0.3, -0.25) is 14.4 Å². The predicted octanol–water partition coefficient (Wildman–Crippen LogP) is 16.6. The number of hydrogen-bond donors (Lipinski definition) is 0. The minimum Gasteiger partial charge on any atom is -0.497 e. The summed E-state index contributed by atoms with van der Waals surface area (Å²) in [6.07, 6.45) is 19.9. The number of allylic oxidation sites excluding steroid dienone is 2. The lowest BCUT2D eigenvalue weighted by atomic mass is 9.89. The van der Waals surface area contributed by atoms with Crippen LogP contribution in [0.2, 0.25) is 0 Å². The molecule has 102 heavy (non-hydrogen) atoms. The predicted molar refractivity (Wildman–Crippen MR) is 395 cm³/mol. The Bertz CT molecular complexity index is 3110. The zero-order valence-electron chi connectivity index (χ0n) is 63.9. The standard InChI is InChI=1S/C10H12O2.C9H7NO2.C9H10O3.C9H10O2.C8H14O2.C8H12O2.C8H8O2.C7H12O2.C6H10O3.C3H8.2C2H6/c1-7-4-8(2)6-9(5-7)10(11)12-3;1-12-9(11)8-4-2-7(6-10)3-5-8;1-11-8-5-3-7(4-6-8)9(10)12-2;1-7-3-5-8(6-4-7)9(10)11-2;3*1-10-8(9)7-5-3-2-4-6-7;1-9-7(8)6-4-2-3-5-6;1-8-6(7)5-3-2-4-9-5;1-3-2;2*1-2/h4-6H,1-3H3;2-5H,1H3;3-6H,1-2H3;3-6H,1-2H3;7H,2-6H2,1H3;2-3,7H,4-6H2,1H3;2-6H,1H3;6H,2-5H2,1H3;5H,2-4H2,1H3;3H2,1-2H3;2*1-2H3. The van der Waals surface area contributed by atoms with E-state index in [0.717, 1.165) is 80.2 Å². The van der Waals surface area contributed by atoms with Crippen LogP contribution in [0, 0.1) is 49.9 Å². The van der Waals surface area contributed by atoms with Gasteiger partial charge >= 0.3 is 53.7 Å². The Hall–Kier alpha value is -9.68. The van der Waals surface area contributed by atoms with E-state index < -0.39 is 0 Å². The van der Waals surface area contributed by atoms with Gasteiger partial charge in [-0.05, 0) is 163 Å². The third-order valence-corrected chi connectivity index (χ3v) is 14.5. The zero-order chi connectivity index (χ0) is 77.6. The maximum absolute atomic E-state index is 11.1. The molecule has 564 valence electrons. The van der Waals surface area contributed by atoms with E-state index in [2.05, 4.69) is 62.6 Å². The first-order chi connectivity index (χ1) is 49.0. The van der Waals surface area contributed by atoms with Gasteiger partial charge < -0.3 is 52.1 Å². The molecule has 3 fully saturated rings. The highest BCUT2D eigenvalue weighted by Crippen LogP contribution is 2.26. The van der Waals surface area contributed by atoms with Crippen LogP contribution in [-0.4, -0.2) is 138 Å². The van der Waals surface area contributed by atoms with E-state index in [0.29, 0.717) is 40.0 Å². The van der Waals surface area contributed by atoms with E-state index in [1.165, 1.54) is 103 Å². The Labute approximate surface area is 607 Å². The summed E-state index contributed by atoms with van der Waals surface area (Å²) in [6.45, 7) is 18.8. The molecule has 0 N–H and O–H groups in total. The summed E-state index contributed by atoms with van der Waals surface area (Å²) in [6, 6.07) is 36.8. The number of methoxy groups -OCH3 is 10. The van der Waals surface area contributed by atoms with Gasteiger partial charge in [0.2, 0.25) is 0 Å². The maximum atomic E-state index is 11.1. The number of nitrogens with zero attached hydrogens (tertiary/aromatic N) is 1. The zero-order valence-corrected chi connectivity index (χ0v) is 63.9. The highest BCUT2D eigenvalue weighted by molar-refractivity contribution is 5.91. The molecule has 2 saturated carbocycles. The quantitative estimate of drug-likeness (QED) is 0.0713. The molecule has 4 aliphatic rings. The van der Waals surface area contributed by atoms with Crippen LogP contribution in [0.5, 0.6) is 5.75 Å². The van der Waals surface area contributed by atoms with Crippen LogP contribution in [-0.2, 0) is 66.5 Å². The fourth-order valence-corrected chi connectivity index (χ4v) is 9.26. The number of esters is 9. The molecule has 0 aromatic heterocycles. The lowest BCUT2D eigenvalue weighted by molar-refractivity contribution is -0.151. The third-order valence-electron chi connectivity index (χ3n) is 14.5. The Balaban J connectivity index is -0.00000107. The monoisotopic (exact) mass is 1420 g/mol. The van der Waals surface area contributed by atoms with Crippen molar-refractivity contribution in [2.24, 2.45) is 17.8 Å². The van der Waals surface area contributed by atoms with Crippen LogP contribution < -0.4 is 4.74 Å². The smallest absolute Gasteiger partial charge is 0.337 e. The van der Waals surface area contributed by atoms with Crippen molar-refractivity contribution in [2.45, 2.75) is 165 Å². The molecule has 0 spiro atoms. The van der Waals surface area contributed by atoms with Gasteiger partial charge in [0, 0.05) is 6.61 Å². The number of carbonyl (C=O) groups excluding carboxylic acids is 9. The van der Waals surface area contributed by atoms with Crippen LogP contribution in [0.15, 0.2) is 133 Å². The molecule has 0 radical (unpaired) electrons. The SMILES string of the molecule is CC.CC.CCC.COC(=O)C1CC=CCC1.COC(=O)C1CCCC1.COC(=O)C1CCCCC1.COC(=O)C1CCCO1.COC(=O)c1cc(C)cc(C)c1.COC(=O)c1ccc(C#N)cc1.COC(=O)c1ccc(C)cc1.COC(=O)c1ccc(OC)cc1.COC(=O)c1ccccc1. The number of carbonyl (C=O) groups is 9. The molecule has 21 heteroatoms. The van der Waals surface area contributed by atoms with Gasteiger partial charge in [-0.2, -0.15) is 5.26 Å². The fourth-order valence-electron chi connectivity index (χ4n) is 9.26. The first kappa shape index (κ1) is 96.5. The van der Waals surface area contributed by atoms with Crippen LogP contribution >= 0.6 is 0 Å². The Morgan fingerprint density at radius 1 is 0.392 bits per heavy atom. The molecule has 0 bridgehead atoms. The van der Waals surface area contributed by atoms with Crippen molar-refractivity contribution in [2.75, 3.05) is 77.7 Å². The van der Waals surface area contributed by atoms with E-state index in [9.17, 15) is 43.2 Å². The number of benzene rings is 5. The van der Waals surface area contributed by atoms with Gasteiger partial charge in [0.15, 0.2) is 6.10 Å². The maximum Gasteiger partial charge on any atom is 0.337 e. The average molecular weight is 1420 g/mol. The fraction of sp³-hybridized carbons (Fsp3) is 0.481. The number of nitriles is 1. The number of hydrogen-bond acceptors (Lipinski definition) is 21. The second kappa shape index (κ2) is 62.3. The number of ether oxygens (including phenoxy) is 11. The lowest BCUT2D eigenvalue weighted by Crippen LogP contribution is -2.20. The second-order valence-electron chi connectivity index (χ2n) is 22.1. The normalized spacial score (nSPS) is 13.9. The molecule has 21 nitrogen and oxygen atoms in total. The Morgan fingerprint density at radius 3 is 1.10 bits per heavy atom. The van der Waals surface area contributed by atoms with Crippen LogP contribution in [0.3, 0.4) is 0 Å². The van der Waals surface area contributed by atoms with Crippen molar-refractivity contribution >= 4 is 53.7 Å². The average Bonchev–Trinajstić information content (AvgIpc) is 1.10. The molecule has 1 heterocycles. The van der Waals surface area contributed by atoms with Gasteiger partial charge in [-0.1, -0.05) is 145 Å². The molecule has 2 unspecified atom stereocenters. The summed E-state index contributed by atoms with van der Waals surface area (Å²) < 4.78 is 51.0. The molecule has 0 amide bonds. The molecule has 1 saturated heterocycles. The molecular weight excluding hydrogens is 1310 g/mol. The Kier molecular flexibility index (Phi) is 59.0. The largest absolute Gasteiger partial charge is 0.497 e. The van der Waals surface area contributed by atoms with Gasteiger partial charge in [-0.25, -0.2) is 28.8 Å². The first-order valence-corrected chi connectivity index (χ1v) is 34.4. The van der Waals surface area contributed by atoms with Gasteiger partial charge in [0.25, 0.3) is 0 Å². The summed E-state index contributed by atoms with van der Waals surface area (Å²) >= 11 is 0. The van der Waals surface area contributed by atoms with Crippen LogP contribution in [0.25, 0.3) is 0 Å². The summed E-state index contributed by atoms with van der Waals surface area (Å²) in [5.74, 6) is -0.653. The highest BCUT2D eigenvalue weighted by atomic mass is 16.6. The first-order valence-electron chi connectivity index (χ1n) is 34.4. The van der Waals surface area contributed by atoms with Crippen molar-refractivity contribution in [3.05, 3.63) is 184 Å². The van der Waals surface area contributed by atoms with E-state index >= 15 is 0 Å². The van der Waals surface area contributed by atoms with Gasteiger partial charge in [-0.15, -0.1) is 0 Å². The minimum absolute atomic E-state index is 0.0142. The van der Waals surface area contributed by atoms with Crippen molar-refractivity contribution in [3.8, 4) is 11.8 Å². The molecule has 1 aliphatic heterocycles. The summed E-state index contributed by atoms with van der Waals surface area (Å²) in [5, 5.41) is 8.46. The van der Waals surface area contributed by atoms with E-state index in [-0.39, 0.29) is 77.6 Å². The van der Waals surface area contributed by atoms with Crippen LogP contribution in [0.4, 0.5) is 0 Å². The molecule has 3 aliphatic carbocycles. The van der Waals surface area contributed by atoms with Crippen LogP contribution in [0.1, 0.15) is 212 Å². The van der Waals surface area contributed by atoms with Crippen molar-refractivity contribution < 1.29 is 95.3 Å². The molecule has 5 aromatic rings. The highest BCUT2D eigenvalue weighted by Gasteiger charge is 2.25. The number of rotatable bonds is 10. The topological polar surface area (TPSA) is 279 Å². The van der Waals surface area contributed by atoms with Crippen molar-refractivity contribution in [1.29, 1.82) is 5.26 Å². The summed E-state index contributed by atoms with van der Waals surface area (Å²) in [4.78, 5) is 98.0. The van der Waals surface area contributed by atoms with E-state index in [1.54, 1.807) is 92.0 Å². The van der Waals surface area contributed by atoms with Gasteiger partial charge in [0.1, 0.15) is 5.75 Å². The minimum atomic E-state index is -0.389. The number of aryl methyl sites for hydroxylation is 3. The summed E-state index contributed by atoms with van der Waals surface area (Å²) in [5.41, 5.74) is 6.61. The molecular formula is C81H115NO20. The van der Waals surface area contributed by atoms with Crippen molar-refractivity contribution in [1.82, 2.24) is 0 Å². The van der Waals surface area contributed by atoms with Gasteiger partial charge in [0.05, 0.1) is 128 Å². The van der Waals surface area contributed by atoms with E-state index in [1.807, 2.05) is 97.0 Å². The van der Waals surface area contributed by atoms with Crippen molar-refractivity contribution in [3.63, 3.8) is 0 Å². The third kappa shape index (κ3) is 43.8. The second-order valence-corrected chi connectivity index (χ2v) is 22.1. The Morgan fingerprint density at radius 2 is 0.755 bits per heavy atom. The molecule has 2 atom stereocenters.